The summed E-state index contributed by atoms with van der Waals surface area (Å²) >= 11 is 8.45. The molecule has 2 heterocycles. The molecule has 0 unspecified atom stereocenters. The van der Waals surface area contributed by atoms with Gasteiger partial charge in [-0.1, -0.05) is 46.3 Å². The van der Waals surface area contributed by atoms with Crippen LogP contribution < -0.4 is 10.1 Å². The van der Waals surface area contributed by atoms with Crippen LogP contribution in [-0.2, 0) is 18.0 Å². The fourth-order valence-electron chi connectivity index (χ4n) is 2.29. The Hall–Kier alpha value is -1.61. The maximum atomic E-state index is 6.15. The lowest BCUT2D eigenvalue weighted by Crippen LogP contribution is -2.06. The molecule has 0 spiro atoms. The molecule has 120 valence electrons. The van der Waals surface area contributed by atoms with E-state index in [4.69, 9.17) is 16.3 Å². The molecule has 0 radical (unpaired) electrons. The molecule has 6 nitrogen and oxygen atoms in total. The number of alkyl halides is 1. The molecule has 0 aliphatic heterocycles. The molecule has 0 aliphatic rings. The number of hydrogen-bond donors (Lipinski definition) is 1. The number of methoxy groups -OCH3 is 1. The van der Waals surface area contributed by atoms with Crippen LogP contribution >= 0.6 is 34.2 Å². The first kappa shape index (κ1) is 16.3. The van der Waals surface area contributed by atoms with Gasteiger partial charge >= 0.3 is 0 Å². The number of aromatic nitrogens is 4. The minimum atomic E-state index is 0.501. The monoisotopic (exact) mass is 443 g/mol. The summed E-state index contributed by atoms with van der Waals surface area (Å²) in [6, 6.07) is 5.99. The van der Waals surface area contributed by atoms with Crippen LogP contribution in [0.5, 0.6) is 5.88 Å². The second-order valence-electron chi connectivity index (χ2n) is 4.97. The first-order chi connectivity index (χ1) is 11.1. The molecule has 0 fully saturated rings. The van der Waals surface area contributed by atoms with Gasteiger partial charge in [0.25, 0.3) is 0 Å². The van der Waals surface area contributed by atoms with Gasteiger partial charge < -0.3 is 10.1 Å². The van der Waals surface area contributed by atoms with Gasteiger partial charge in [0, 0.05) is 23.0 Å². The van der Waals surface area contributed by atoms with Crippen molar-refractivity contribution in [1.29, 1.82) is 0 Å². The molecule has 1 N–H and O–H groups in total. The maximum absolute atomic E-state index is 6.15. The van der Waals surface area contributed by atoms with E-state index in [1.54, 1.807) is 18.0 Å². The summed E-state index contributed by atoms with van der Waals surface area (Å²) in [5.41, 5.74) is 3.75. The highest BCUT2D eigenvalue weighted by atomic mass is 127. The SMILES string of the molecule is COc1nc(NCc2ccc(Cl)c(CI)c2)nc2cnn(C)c12. The average Bonchev–Trinajstić information content (AvgIpc) is 2.94. The summed E-state index contributed by atoms with van der Waals surface area (Å²) in [4.78, 5) is 8.86. The number of anilines is 1. The average molecular weight is 444 g/mol. The van der Waals surface area contributed by atoms with Gasteiger partial charge in [-0.2, -0.15) is 10.1 Å². The predicted molar refractivity (Wildman–Crippen MR) is 99.4 cm³/mol. The number of nitrogens with zero attached hydrogens (tertiary/aromatic N) is 4. The highest BCUT2D eigenvalue weighted by molar-refractivity contribution is 14.1. The van der Waals surface area contributed by atoms with Crippen LogP contribution in [0.4, 0.5) is 5.95 Å². The smallest absolute Gasteiger partial charge is 0.244 e. The molecule has 2 aromatic heterocycles. The number of nitrogens with one attached hydrogen (secondary N) is 1. The number of halogens is 2. The molecular formula is C15H15ClIN5O. The van der Waals surface area contributed by atoms with E-state index in [-0.39, 0.29) is 0 Å². The van der Waals surface area contributed by atoms with Gasteiger partial charge in [0.05, 0.1) is 13.3 Å². The predicted octanol–water partition coefficient (Wildman–Crippen LogP) is 3.57. The molecule has 0 bridgehead atoms. The van der Waals surface area contributed by atoms with Crippen LogP contribution in [0.1, 0.15) is 11.1 Å². The van der Waals surface area contributed by atoms with Crippen molar-refractivity contribution in [2.45, 2.75) is 11.0 Å². The van der Waals surface area contributed by atoms with Gasteiger partial charge in [-0.15, -0.1) is 0 Å². The van der Waals surface area contributed by atoms with Crippen LogP contribution in [0.2, 0.25) is 5.02 Å². The van der Waals surface area contributed by atoms with Gasteiger partial charge in [0.2, 0.25) is 11.8 Å². The third-order valence-electron chi connectivity index (χ3n) is 3.45. The third kappa shape index (κ3) is 3.35. The number of aryl methyl sites for hydroxylation is 1. The zero-order valence-corrected chi connectivity index (χ0v) is 15.6. The van der Waals surface area contributed by atoms with Crippen LogP contribution in [0.3, 0.4) is 0 Å². The molecule has 0 amide bonds. The first-order valence-corrected chi connectivity index (χ1v) is 8.83. The Morgan fingerprint density at radius 3 is 2.91 bits per heavy atom. The van der Waals surface area contributed by atoms with Crippen molar-refractivity contribution in [2.75, 3.05) is 12.4 Å². The highest BCUT2D eigenvalue weighted by Crippen LogP contribution is 2.24. The number of ether oxygens (including phenoxy) is 1. The van der Waals surface area contributed by atoms with Gasteiger partial charge in [-0.25, -0.2) is 4.98 Å². The summed E-state index contributed by atoms with van der Waals surface area (Å²) in [5, 5.41) is 8.20. The van der Waals surface area contributed by atoms with Crippen LogP contribution in [0.15, 0.2) is 24.4 Å². The largest absolute Gasteiger partial charge is 0.479 e. The number of fused-ring (bicyclic) bond motifs is 1. The number of hydrogen-bond acceptors (Lipinski definition) is 5. The standard InChI is InChI=1S/C15H15ClIN5O/c1-22-13-12(8-19-22)20-15(21-14(13)23-2)18-7-9-3-4-11(16)10(5-9)6-17/h3-5,8H,6-7H2,1-2H3,(H,18,20,21). The maximum Gasteiger partial charge on any atom is 0.244 e. The lowest BCUT2D eigenvalue weighted by atomic mass is 10.1. The Morgan fingerprint density at radius 1 is 1.35 bits per heavy atom. The van der Waals surface area contributed by atoms with Crippen molar-refractivity contribution in [3.63, 3.8) is 0 Å². The van der Waals surface area contributed by atoms with Gasteiger partial charge in [-0.05, 0) is 17.2 Å². The van der Waals surface area contributed by atoms with E-state index in [9.17, 15) is 0 Å². The Labute approximate surface area is 152 Å². The highest BCUT2D eigenvalue weighted by Gasteiger charge is 2.12. The first-order valence-electron chi connectivity index (χ1n) is 6.93. The molecular weight excluding hydrogens is 429 g/mol. The van der Waals surface area contributed by atoms with E-state index in [1.807, 2.05) is 19.2 Å². The Morgan fingerprint density at radius 2 is 2.17 bits per heavy atom. The zero-order valence-electron chi connectivity index (χ0n) is 12.7. The minimum absolute atomic E-state index is 0.501. The van der Waals surface area contributed by atoms with Gasteiger partial charge in [-0.3, -0.25) is 4.68 Å². The lowest BCUT2D eigenvalue weighted by molar-refractivity contribution is 0.400. The molecule has 3 rings (SSSR count). The quantitative estimate of drug-likeness (QED) is 0.482. The third-order valence-corrected chi connectivity index (χ3v) is 4.64. The van der Waals surface area contributed by atoms with Crippen molar-refractivity contribution in [1.82, 2.24) is 19.7 Å². The van der Waals surface area contributed by atoms with Crippen LogP contribution in [0.25, 0.3) is 11.0 Å². The van der Waals surface area contributed by atoms with E-state index in [0.29, 0.717) is 18.4 Å². The fraction of sp³-hybridized carbons (Fsp3) is 0.267. The van der Waals surface area contributed by atoms with E-state index in [1.165, 1.54) is 0 Å². The van der Waals surface area contributed by atoms with E-state index in [0.717, 1.165) is 31.6 Å². The number of benzene rings is 1. The van der Waals surface area contributed by atoms with E-state index < -0.39 is 0 Å². The van der Waals surface area contributed by atoms with Crippen molar-refractivity contribution >= 4 is 51.2 Å². The minimum Gasteiger partial charge on any atom is -0.479 e. The zero-order chi connectivity index (χ0) is 16.4. The van der Waals surface area contributed by atoms with Crippen molar-refractivity contribution in [2.24, 2.45) is 7.05 Å². The summed E-state index contributed by atoms with van der Waals surface area (Å²) in [6.07, 6.45) is 1.70. The van der Waals surface area contributed by atoms with E-state index >= 15 is 0 Å². The molecule has 23 heavy (non-hydrogen) atoms. The summed E-state index contributed by atoms with van der Waals surface area (Å²) in [5.74, 6) is 1.01. The Balaban J connectivity index is 1.84. The Kier molecular flexibility index (Phi) is 4.86. The fourth-order valence-corrected chi connectivity index (χ4v) is 3.33. The summed E-state index contributed by atoms with van der Waals surface area (Å²) in [6.45, 7) is 0.607. The topological polar surface area (TPSA) is 64.9 Å². The molecule has 3 aromatic rings. The molecule has 1 aromatic carbocycles. The molecule has 0 aliphatic carbocycles. The van der Waals surface area contributed by atoms with Crippen molar-refractivity contribution in [3.05, 3.63) is 40.5 Å². The molecule has 0 atom stereocenters. The molecule has 0 saturated heterocycles. The van der Waals surface area contributed by atoms with Crippen molar-refractivity contribution in [3.8, 4) is 5.88 Å². The van der Waals surface area contributed by atoms with Gasteiger partial charge in [0.1, 0.15) is 11.0 Å². The normalized spacial score (nSPS) is 11.0. The summed E-state index contributed by atoms with van der Waals surface area (Å²) in [7, 11) is 3.42. The van der Waals surface area contributed by atoms with Crippen molar-refractivity contribution < 1.29 is 4.74 Å². The second-order valence-corrected chi connectivity index (χ2v) is 6.14. The summed E-state index contributed by atoms with van der Waals surface area (Å²) < 4.78 is 7.91. The number of rotatable bonds is 5. The molecule has 8 heteroatoms. The van der Waals surface area contributed by atoms with Gasteiger partial charge in [0.15, 0.2) is 0 Å². The molecule has 0 saturated carbocycles. The lowest BCUT2D eigenvalue weighted by Gasteiger charge is -2.09. The second kappa shape index (κ2) is 6.88. The van der Waals surface area contributed by atoms with E-state index in [2.05, 4.69) is 49.0 Å². The van der Waals surface area contributed by atoms with Crippen LogP contribution in [-0.4, -0.2) is 26.9 Å². The van der Waals surface area contributed by atoms with Crippen LogP contribution in [0, 0.1) is 0 Å². The Bertz CT molecular complexity index is 851.